The minimum absolute atomic E-state index is 0.0930. The molecule has 0 saturated carbocycles. The second kappa shape index (κ2) is 11.2. The number of pyridine rings is 1. The van der Waals surface area contributed by atoms with Gasteiger partial charge in [-0.05, 0) is 60.4 Å². The number of hydrogen-bond donors (Lipinski definition) is 1. The number of nitrogens with zero attached hydrogens (tertiary/aromatic N) is 5. The molecule has 180 valence electrons. The molecule has 2 heterocycles. The van der Waals surface area contributed by atoms with Crippen molar-refractivity contribution in [1.29, 1.82) is 0 Å². The number of thioether (sulfide) groups is 1. The molecule has 0 saturated heterocycles. The molecule has 7 nitrogen and oxygen atoms in total. The van der Waals surface area contributed by atoms with Crippen molar-refractivity contribution in [3.63, 3.8) is 0 Å². The first-order valence-corrected chi connectivity index (χ1v) is 12.7. The second-order valence-electron chi connectivity index (χ2n) is 8.29. The maximum absolute atomic E-state index is 12.8. The summed E-state index contributed by atoms with van der Waals surface area (Å²) in [5, 5.41) is 12.7. The van der Waals surface area contributed by atoms with Crippen LogP contribution in [0.4, 0.5) is 11.4 Å². The summed E-state index contributed by atoms with van der Waals surface area (Å²) in [5.74, 6) is 0.844. The van der Waals surface area contributed by atoms with E-state index in [1.165, 1.54) is 22.9 Å². The SMILES string of the molecule is CCc1cccc(CC)c1-n1c(SCC(=O)Nc2ccc(N(C)C)cc2)nnc1-c1cccnc1. The van der Waals surface area contributed by atoms with Gasteiger partial charge in [-0.3, -0.25) is 14.3 Å². The van der Waals surface area contributed by atoms with Crippen molar-refractivity contribution in [2.75, 3.05) is 30.1 Å². The van der Waals surface area contributed by atoms with Gasteiger partial charge in [0, 0.05) is 43.4 Å². The van der Waals surface area contributed by atoms with Gasteiger partial charge in [-0.1, -0.05) is 43.8 Å². The zero-order valence-corrected chi connectivity index (χ0v) is 21.3. The van der Waals surface area contributed by atoms with Gasteiger partial charge >= 0.3 is 0 Å². The lowest BCUT2D eigenvalue weighted by molar-refractivity contribution is -0.113. The molecular weight excluding hydrogens is 456 g/mol. The Bertz CT molecular complexity index is 1260. The van der Waals surface area contributed by atoms with Gasteiger partial charge in [0.25, 0.3) is 0 Å². The van der Waals surface area contributed by atoms with E-state index in [0.717, 1.165) is 41.3 Å². The van der Waals surface area contributed by atoms with Gasteiger partial charge in [0.05, 0.1) is 11.4 Å². The van der Waals surface area contributed by atoms with Crippen molar-refractivity contribution < 1.29 is 4.79 Å². The molecule has 0 spiro atoms. The quantitative estimate of drug-likeness (QED) is 0.326. The van der Waals surface area contributed by atoms with E-state index in [4.69, 9.17) is 0 Å². The van der Waals surface area contributed by atoms with E-state index in [9.17, 15) is 4.79 Å². The Kier molecular flexibility index (Phi) is 7.82. The summed E-state index contributed by atoms with van der Waals surface area (Å²) < 4.78 is 2.08. The molecule has 0 radical (unpaired) electrons. The normalized spacial score (nSPS) is 10.9. The standard InChI is InChI=1S/C27H30N6OS/c1-5-19-9-7-10-20(6-2)25(19)33-26(21-11-8-16-28-17-21)30-31-27(33)35-18-24(34)29-22-12-14-23(15-13-22)32(3)4/h7-17H,5-6,18H2,1-4H3,(H,29,34). The predicted octanol–water partition coefficient (Wildman–Crippen LogP) is 5.25. The van der Waals surface area contributed by atoms with Crippen LogP contribution in [0.25, 0.3) is 17.1 Å². The summed E-state index contributed by atoms with van der Waals surface area (Å²) in [7, 11) is 3.97. The molecule has 1 N–H and O–H groups in total. The van der Waals surface area contributed by atoms with Gasteiger partial charge in [0.15, 0.2) is 11.0 Å². The average Bonchev–Trinajstić information content (AvgIpc) is 3.31. The molecule has 0 aliphatic carbocycles. The van der Waals surface area contributed by atoms with E-state index in [0.29, 0.717) is 5.16 Å². The number of nitrogens with one attached hydrogen (secondary N) is 1. The highest BCUT2D eigenvalue weighted by Crippen LogP contribution is 2.32. The summed E-state index contributed by atoms with van der Waals surface area (Å²) in [6.07, 6.45) is 5.29. The van der Waals surface area contributed by atoms with E-state index in [1.54, 1.807) is 12.4 Å². The van der Waals surface area contributed by atoms with Crippen LogP contribution in [0.1, 0.15) is 25.0 Å². The third-order valence-electron chi connectivity index (χ3n) is 5.74. The molecule has 1 amide bonds. The zero-order valence-electron chi connectivity index (χ0n) is 20.5. The Morgan fingerprint density at radius 3 is 2.29 bits per heavy atom. The van der Waals surface area contributed by atoms with Crippen LogP contribution >= 0.6 is 11.8 Å². The molecule has 0 unspecified atom stereocenters. The van der Waals surface area contributed by atoms with Crippen molar-refractivity contribution in [3.05, 3.63) is 78.1 Å². The van der Waals surface area contributed by atoms with Gasteiger partial charge in [0.1, 0.15) is 0 Å². The summed E-state index contributed by atoms with van der Waals surface area (Å²) >= 11 is 1.38. The van der Waals surface area contributed by atoms with Gasteiger partial charge < -0.3 is 10.2 Å². The first kappa shape index (κ1) is 24.5. The molecule has 4 rings (SSSR count). The third kappa shape index (κ3) is 5.54. The number of amides is 1. The highest BCUT2D eigenvalue weighted by Gasteiger charge is 2.21. The number of carbonyl (C=O) groups excluding carboxylic acids is 1. The molecule has 2 aromatic heterocycles. The van der Waals surface area contributed by atoms with E-state index < -0.39 is 0 Å². The number of rotatable bonds is 9. The van der Waals surface area contributed by atoms with E-state index in [-0.39, 0.29) is 11.7 Å². The van der Waals surface area contributed by atoms with Crippen LogP contribution in [0.15, 0.2) is 72.1 Å². The number of anilines is 2. The van der Waals surface area contributed by atoms with Crippen LogP contribution in [0.2, 0.25) is 0 Å². The van der Waals surface area contributed by atoms with Crippen LogP contribution in [0.3, 0.4) is 0 Å². The van der Waals surface area contributed by atoms with Crippen molar-refractivity contribution >= 4 is 29.0 Å². The summed E-state index contributed by atoms with van der Waals surface area (Å²) in [6, 6.07) is 18.0. The molecule has 35 heavy (non-hydrogen) atoms. The monoisotopic (exact) mass is 486 g/mol. The Hall–Kier alpha value is -3.65. The molecule has 0 aliphatic heterocycles. The molecule has 0 atom stereocenters. The first-order valence-electron chi connectivity index (χ1n) is 11.7. The van der Waals surface area contributed by atoms with Crippen molar-refractivity contribution in [1.82, 2.24) is 19.7 Å². The van der Waals surface area contributed by atoms with Gasteiger partial charge in [-0.25, -0.2) is 0 Å². The molecule has 0 bridgehead atoms. The summed E-state index contributed by atoms with van der Waals surface area (Å²) in [5.41, 5.74) is 6.23. The molecule has 2 aromatic carbocycles. The first-order chi connectivity index (χ1) is 17.0. The van der Waals surface area contributed by atoms with Gasteiger partial charge in [-0.15, -0.1) is 10.2 Å². The van der Waals surface area contributed by atoms with Crippen molar-refractivity contribution in [3.8, 4) is 17.1 Å². The van der Waals surface area contributed by atoms with Crippen molar-refractivity contribution in [2.24, 2.45) is 0 Å². The van der Waals surface area contributed by atoms with Crippen LogP contribution in [-0.2, 0) is 17.6 Å². The number of benzene rings is 2. The van der Waals surface area contributed by atoms with E-state index >= 15 is 0 Å². The predicted molar refractivity (Wildman–Crippen MR) is 143 cm³/mol. The lowest BCUT2D eigenvalue weighted by Crippen LogP contribution is -2.15. The topological polar surface area (TPSA) is 75.9 Å². The zero-order chi connectivity index (χ0) is 24.8. The Morgan fingerprint density at radius 1 is 0.971 bits per heavy atom. The van der Waals surface area contributed by atoms with Crippen molar-refractivity contribution in [2.45, 2.75) is 31.8 Å². The average molecular weight is 487 g/mol. The minimum Gasteiger partial charge on any atom is -0.378 e. The number of para-hydroxylation sites is 1. The molecule has 8 heteroatoms. The van der Waals surface area contributed by atoms with Crippen LogP contribution in [-0.4, -0.2) is 45.5 Å². The third-order valence-corrected chi connectivity index (χ3v) is 6.67. The summed E-state index contributed by atoms with van der Waals surface area (Å²) in [4.78, 5) is 19.1. The fourth-order valence-electron chi connectivity index (χ4n) is 3.92. The number of aryl methyl sites for hydroxylation is 2. The minimum atomic E-state index is -0.0930. The van der Waals surface area contributed by atoms with Crippen LogP contribution in [0, 0.1) is 0 Å². The molecule has 0 fully saturated rings. The maximum atomic E-state index is 12.8. The van der Waals surface area contributed by atoms with Crippen LogP contribution < -0.4 is 10.2 Å². The highest BCUT2D eigenvalue weighted by molar-refractivity contribution is 7.99. The Labute approximate surface area is 210 Å². The maximum Gasteiger partial charge on any atom is 0.234 e. The van der Waals surface area contributed by atoms with Gasteiger partial charge in [0.2, 0.25) is 5.91 Å². The largest absolute Gasteiger partial charge is 0.378 e. The smallest absolute Gasteiger partial charge is 0.234 e. The Balaban J connectivity index is 1.64. The highest BCUT2D eigenvalue weighted by atomic mass is 32.2. The summed E-state index contributed by atoms with van der Waals surface area (Å²) in [6.45, 7) is 4.29. The number of aromatic nitrogens is 4. The molecule has 4 aromatic rings. The lowest BCUT2D eigenvalue weighted by atomic mass is 10.0. The van der Waals surface area contributed by atoms with E-state index in [2.05, 4.69) is 57.1 Å². The fourth-order valence-corrected chi connectivity index (χ4v) is 4.66. The molecular formula is C27H30N6OS. The van der Waals surface area contributed by atoms with E-state index in [1.807, 2.05) is 55.4 Å². The number of hydrogen-bond acceptors (Lipinski definition) is 6. The fraction of sp³-hybridized carbons (Fsp3) is 0.259. The Morgan fingerprint density at radius 2 is 1.69 bits per heavy atom. The van der Waals surface area contributed by atoms with Gasteiger partial charge in [-0.2, -0.15) is 0 Å². The second-order valence-corrected chi connectivity index (χ2v) is 9.24. The van der Waals surface area contributed by atoms with Crippen LogP contribution in [0.5, 0.6) is 0 Å². The lowest BCUT2D eigenvalue weighted by Gasteiger charge is -2.18. The molecule has 0 aliphatic rings. The number of carbonyl (C=O) groups is 1.